The van der Waals surface area contributed by atoms with Gasteiger partial charge in [-0.1, -0.05) is 0 Å². The largest absolute Gasteiger partial charge is 0.479 e. The van der Waals surface area contributed by atoms with Crippen LogP contribution in [-0.4, -0.2) is 42.2 Å². The summed E-state index contributed by atoms with van der Waals surface area (Å²) in [5, 5.41) is 15.1. The van der Waals surface area contributed by atoms with Crippen molar-refractivity contribution in [3.63, 3.8) is 0 Å². The molecule has 1 amide bonds. The maximum Gasteiger partial charge on any atom is 0.331 e. The second-order valence-electron chi connectivity index (χ2n) is 5.32. The number of nitrogens with one attached hydrogen (secondary N) is 2. The van der Waals surface area contributed by atoms with Gasteiger partial charge in [0.05, 0.1) is 11.9 Å². The van der Waals surface area contributed by atoms with Crippen LogP contribution in [0.5, 0.6) is 0 Å². The van der Waals surface area contributed by atoms with Crippen LogP contribution in [0.1, 0.15) is 24.4 Å². The summed E-state index contributed by atoms with van der Waals surface area (Å²) in [4.78, 5) is 23.2. The highest BCUT2D eigenvalue weighted by Crippen LogP contribution is 2.19. The molecule has 0 unspecified atom stereocenters. The molecule has 0 fully saturated rings. The molecule has 0 atom stereocenters. The summed E-state index contributed by atoms with van der Waals surface area (Å²) in [5.74, 6) is -1.99. The van der Waals surface area contributed by atoms with Crippen molar-refractivity contribution in [2.75, 3.05) is 12.4 Å². The Morgan fingerprint density at radius 1 is 1.33 bits per heavy atom. The van der Waals surface area contributed by atoms with E-state index in [2.05, 4.69) is 15.1 Å². The Morgan fingerprint density at radius 2 is 2.00 bits per heavy atom. The second kappa shape index (κ2) is 6.09. The van der Waals surface area contributed by atoms with Crippen molar-refractivity contribution in [3.8, 4) is 0 Å². The number of nitrogens with zero attached hydrogens (tertiary/aromatic N) is 2. The zero-order chi connectivity index (χ0) is 18.1. The van der Waals surface area contributed by atoms with Crippen LogP contribution in [0.25, 0.3) is 0 Å². The third-order valence-corrected chi connectivity index (χ3v) is 4.56. The predicted octanol–water partition coefficient (Wildman–Crippen LogP) is 0.456. The third-order valence-electron chi connectivity index (χ3n) is 3.28. The van der Waals surface area contributed by atoms with Crippen LogP contribution in [0.4, 0.5) is 5.69 Å². The molecule has 0 aliphatic carbocycles. The van der Waals surface area contributed by atoms with Crippen molar-refractivity contribution < 1.29 is 27.5 Å². The Hall–Kier alpha value is -2.66. The molecule has 0 saturated heterocycles. The average molecular weight is 356 g/mol. The molecule has 2 heterocycles. The first-order chi connectivity index (χ1) is 11.1. The Balaban J connectivity index is 2.17. The van der Waals surface area contributed by atoms with Gasteiger partial charge in [0, 0.05) is 6.20 Å². The number of aliphatic carboxylic acids is 1. The predicted molar refractivity (Wildman–Crippen MR) is 82.1 cm³/mol. The lowest BCUT2D eigenvalue weighted by Crippen LogP contribution is -2.35. The van der Waals surface area contributed by atoms with Gasteiger partial charge >= 0.3 is 5.97 Å². The summed E-state index contributed by atoms with van der Waals surface area (Å²) in [6.07, 6.45) is 2.62. The third kappa shape index (κ3) is 3.31. The van der Waals surface area contributed by atoms with E-state index in [9.17, 15) is 18.0 Å². The van der Waals surface area contributed by atoms with Gasteiger partial charge in [-0.05, 0) is 33.0 Å². The lowest BCUT2D eigenvalue weighted by molar-refractivity contribution is -0.146. The number of carboxylic acids is 1. The van der Waals surface area contributed by atoms with Gasteiger partial charge < -0.3 is 14.8 Å². The van der Waals surface area contributed by atoms with Crippen molar-refractivity contribution in [3.05, 3.63) is 30.3 Å². The number of hydrogen-bond donors (Lipinski definition) is 3. The lowest BCUT2D eigenvalue weighted by atomic mass is 10.1. The minimum atomic E-state index is -3.79. The standard InChI is InChI=1S/C13H16N4O6S/c1-13(2,12(19)20)17-7-8(6-15-17)16-11(18)9-4-5-10(23-9)24(21,22)14-3/h4-7,14H,1-3H3,(H,16,18)(H,19,20). The summed E-state index contributed by atoms with van der Waals surface area (Å²) < 4.78 is 31.4. The number of carboxylic acid groups (broad SMARTS) is 1. The summed E-state index contributed by atoms with van der Waals surface area (Å²) in [6.45, 7) is 2.91. The monoisotopic (exact) mass is 356 g/mol. The quantitative estimate of drug-likeness (QED) is 0.682. The van der Waals surface area contributed by atoms with Gasteiger partial charge in [0.2, 0.25) is 5.09 Å². The number of carbonyl (C=O) groups excluding carboxylic acids is 1. The maximum atomic E-state index is 12.1. The van der Waals surface area contributed by atoms with Crippen LogP contribution in [0.3, 0.4) is 0 Å². The van der Waals surface area contributed by atoms with Gasteiger partial charge in [-0.15, -0.1) is 0 Å². The van der Waals surface area contributed by atoms with Gasteiger partial charge in [-0.25, -0.2) is 17.9 Å². The van der Waals surface area contributed by atoms with Gasteiger partial charge in [-0.3, -0.25) is 9.48 Å². The van der Waals surface area contributed by atoms with E-state index in [-0.39, 0.29) is 11.4 Å². The normalized spacial score (nSPS) is 12.1. The smallest absolute Gasteiger partial charge is 0.331 e. The van der Waals surface area contributed by atoms with Crippen LogP contribution in [-0.2, 0) is 20.4 Å². The van der Waals surface area contributed by atoms with E-state index in [1.165, 1.54) is 44.0 Å². The first kappa shape index (κ1) is 17.7. The first-order valence-corrected chi connectivity index (χ1v) is 8.19. The number of carbonyl (C=O) groups is 2. The Morgan fingerprint density at radius 3 is 2.58 bits per heavy atom. The number of amides is 1. The minimum Gasteiger partial charge on any atom is -0.479 e. The summed E-state index contributed by atoms with van der Waals surface area (Å²) in [7, 11) is -2.57. The van der Waals surface area contributed by atoms with Crippen LogP contribution < -0.4 is 10.0 Å². The van der Waals surface area contributed by atoms with Crippen LogP contribution >= 0.6 is 0 Å². The van der Waals surface area contributed by atoms with E-state index in [0.717, 1.165) is 6.07 Å². The zero-order valence-electron chi connectivity index (χ0n) is 13.1. The molecule has 0 radical (unpaired) electrons. The van der Waals surface area contributed by atoms with E-state index in [1.54, 1.807) is 0 Å². The molecule has 11 heteroatoms. The molecule has 130 valence electrons. The van der Waals surface area contributed by atoms with E-state index in [4.69, 9.17) is 9.52 Å². The molecule has 0 saturated carbocycles. The fourth-order valence-electron chi connectivity index (χ4n) is 1.67. The Bertz CT molecular complexity index is 880. The van der Waals surface area contributed by atoms with Crippen molar-refractivity contribution in [2.24, 2.45) is 0 Å². The van der Waals surface area contributed by atoms with Crippen molar-refractivity contribution >= 4 is 27.6 Å². The molecule has 0 bridgehead atoms. The molecule has 2 aromatic rings. The highest BCUT2D eigenvalue weighted by atomic mass is 32.2. The topological polar surface area (TPSA) is 144 Å². The first-order valence-electron chi connectivity index (χ1n) is 6.71. The number of furan rings is 1. The molecular weight excluding hydrogens is 340 g/mol. The lowest BCUT2D eigenvalue weighted by Gasteiger charge is -2.19. The summed E-state index contributed by atoms with van der Waals surface area (Å²) in [6, 6.07) is 2.36. The molecule has 24 heavy (non-hydrogen) atoms. The van der Waals surface area contributed by atoms with E-state index in [0.29, 0.717) is 0 Å². The number of rotatable bonds is 6. The van der Waals surface area contributed by atoms with Crippen LogP contribution in [0.2, 0.25) is 0 Å². The van der Waals surface area contributed by atoms with E-state index >= 15 is 0 Å². The number of hydrogen-bond acceptors (Lipinski definition) is 6. The Kier molecular flexibility index (Phi) is 4.49. The molecule has 2 aromatic heterocycles. The van der Waals surface area contributed by atoms with E-state index in [1.807, 2.05) is 0 Å². The minimum absolute atomic E-state index is 0.214. The van der Waals surface area contributed by atoms with Gasteiger partial charge in [-0.2, -0.15) is 5.10 Å². The number of sulfonamides is 1. The van der Waals surface area contributed by atoms with Crippen molar-refractivity contribution in [2.45, 2.75) is 24.5 Å². The van der Waals surface area contributed by atoms with E-state index < -0.39 is 32.5 Å². The second-order valence-corrected chi connectivity index (χ2v) is 7.14. The average Bonchev–Trinajstić information content (AvgIpc) is 3.16. The molecule has 0 aliphatic heterocycles. The fraction of sp³-hybridized carbons (Fsp3) is 0.308. The number of anilines is 1. The highest BCUT2D eigenvalue weighted by Gasteiger charge is 2.30. The van der Waals surface area contributed by atoms with Crippen molar-refractivity contribution in [1.82, 2.24) is 14.5 Å². The SMILES string of the molecule is CNS(=O)(=O)c1ccc(C(=O)Nc2cnn(C(C)(C)C(=O)O)c2)o1. The van der Waals surface area contributed by atoms with Crippen molar-refractivity contribution in [1.29, 1.82) is 0 Å². The molecular formula is C13H16N4O6S. The zero-order valence-corrected chi connectivity index (χ0v) is 13.9. The summed E-state index contributed by atoms with van der Waals surface area (Å²) >= 11 is 0. The summed E-state index contributed by atoms with van der Waals surface area (Å²) in [5.41, 5.74) is -1.05. The molecule has 0 spiro atoms. The molecule has 0 aromatic carbocycles. The number of aromatic nitrogens is 2. The van der Waals surface area contributed by atoms with Gasteiger partial charge in [0.15, 0.2) is 11.3 Å². The highest BCUT2D eigenvalue weighted by molar-refractivity contribution is 7.89. The molecule has 3 N–H and O–H groups in total. The van der Waals surface area contributed by atoms with Crippen LogP contribution in [0.15, 0.2) is 34.0 Å². The van der Waals surface area contributed by atoms with Gasteiger partial charge in [0.25, 0.3) is 15.9 Å². The van der Waals surface area contributed by atoms with Gasteiger partial charge in [0.1, 0.15) is 0 Å². The van der Waals surface area contributed by atoms with Crippen LogP contribution in [0, 0.1) is 0 Å². The maximum absolute atomic E-state index is 12.1. The fourth-order valence-corrected chi connectivity index (χ4v) is 2.32. The molecule has 0 aliphatic rings. The molecule has 2 rings (SSSR count). The Labute approximate surface area is 137 Å². The molecule has 10 nitrogen and oxygen atoms in total.